The van der Waals surface area contributed by atoms with Crippen LogP contribution >= 0.6 is 23.2 Å². The predicted molar refractivity (Wildman–Crippen MR) is 132 cm³/mol. The lowest BCUT2D eigenvalue weighted by Gasteiger charge is -2.39. The Morgan fingerprint density at radius 3 is 2.31 bits per heavy atom. The molecule has 0 aliphatic carbocycles. The number of nitrogens with two attached hydrogens (primary N) is 1. The molecule has 1 unspecified atom stereocenters. The number of rotatable bonds is 6. The average molecular weight is 550 g/mol. The molecule has 1 aromatic heterocycles. The average Bonchev–Trinajstić information content (AvgIpc) is 3.05. The third kappa shape index (κ3) is 6.07. The van der Waals surface area contributed by atoms with Gasteiger partial charge in [-0.1, -0.05) is 23.2 Å². The fourth-order valence-corrected chi connectivity index (χ4v) is 4.48. The van der Waals surface area contributed by atoms with Crippen molar-refractivity contribution < 1.29 is 27.5 Å². The molecule has 1 fully saturated rings. The van der Waals surface area contributed by atoms with Crippen molar-refractivity contribution >= 4 is 46.8 Å². The molecule has 0 saturated carbocycles. The molecule has 2 heterocycles. The van der Waals surface area contributed by atoms with Crippen LogP contribution in [0.4, 0.5) is 24.5 Å². The van der Waals surface area contributed by atoms with E-state index in [0.29, 0.717) is 38.2 Å². The van der Waals surface area contributed by atoms with E-state index in [-0.39, 0.29) is 28.5 Å². The van der Waals surface area contributed by atoms with Crippen molar-refractivity contribution in [2.24, 2.45) is 0 Å². The number of aldehydes is 1. The Morgan fingerprint density at radius 1 is 1.19 bits per heavy atom. The molecule has 3 rings (SSSR count). The summed E-state index contributed by atoms with van der Waals surface area (Å²) in [5.74, 6) is -0.627. The molecule has 1 aliphatic heterocycles. The van der Waals surface area contributed by atoms with E-state index in [2.05, 4.69) is 5.10 Å². The Labute approximate surface area is 217 Å². The Bertz CT molecular complexity index is 1140. The van der Waals surface area contributed by atoms with Gasteiger partial charge in [-0.2, -0.15) is 18.3 Å². The number of hydrogen-bond donors (Lipinski definition) is 1. The number of carbonyl (C=O) groups is 2. The minimum atomic E-state index is -4.69. The van der Waals surface area contributed by atoms with Gasteiger partial charge in [0, 0.05) is 26.2 Å². The van der Waals surface area contributed by atoms with Crippen molar-refractivity contribution in [1.29, 1.82) is 0 Å². The Balaban J connectivity index is 1.74. The summed E-state index contributed by atoms with van der Waals surface area (Å²) in [6.07, 6.45) is -4.00. The topological polar surface area (TPSA) is 93.7 Å². The number of piperazine rings is 1. The fraction of sp³-hybridized carbons (Fsp3) is 0.522. The van der Waals surface area contributed by atoms with Crippen molar-refractivity contribution in [3.8, 4) is 0 Å². The quantitative estimate of drug-likeness (QED) is 0.323. The second-order valence-electron chi connectivity index (χ2n) is 9.51. The van der Waals surface area contributed by atoms with E-state index in [9.17, 15) is 22.8 Å². The number of carbonyl (C=O) groups excluding carboxylic acids is 2. The van der Waals surface area contributed by atoms with Crippen LogP contribution in [-0.4, -0.2) is 64.8 Å². The van der Waals surface area contributed by atoms with Gasteiger partial charge < -0.3 is 20.2 Å². The zero-order valence-corrected chi connectivity index (χ0v) is 21.8. The first kappa shape index (κ1) is 28.1. The van der Waals surface area contributed by atoms with Gasteiger partial charge in [-0.3, -0.25) is 9.58 Å². The number of esters is 1. The Morgan fingerprint density at radius 2 is 1.81 bits per heavy atom. The molecule has 2 aromatic rings. The van der Waals surface area contributed by atoms with Crippen LogP contribution in [0.2, 0.25) is 10.0 Å². The molecule has 0 amide bonds. The number of benzene rings is 1. The molecule has 198 valence electrons. The molecule has 0 bridgehead atoms. The normalized spacial score (nSPS) is 16.2. The second-order valence-corrected chi connectivity index (χ2v) is 10.3. The number of nitrogen functional groups attached to an aromatic ring is 1. The van der Waals surface area contributed by atoms with E-state index >= 15 is 0 Å². The fourth-order valence-electron chi connectivity index (χ4n) is 3.99. The smallest absolute Gasteiger partial charge is 0.436 e. The first-order valence-electron chi connectivity index (χ1n) is 11.2. The molecular formula is C23H28Cl2F3N5O3. The summed E-state index contributed by atoms with van der Waals surface area (Å²) < 4.78 is 46.0. The van der Waals surface area contributed by atoms with Gasteiger partial charge in [-0.25, -0.2) is 4.79 Å². The SMILES string of the molecule is Cc1c(Cl)c(C(F)(F)F)nn1CC(C=O)N1CCN(c2ccc(Cl)c(C(=O)OC(C)(C)C)c2N)CC1. The minimum absolute atomic E-state index is 0.0724. The second kappa shape index (κ2) is 10.5. The van der Waals surface area contributed by atoms with E-state index in [1.807, 2.05) is 9.80 Å². The number of ether oxygens (including phenoxy) is 1. The molecule has 36 heavy (non-hydrogen) atoms. The standard InChI is InChI=1S/C23H28Cl2F3N5O3/c1-13-18(25)20(23(26,27)28)30-33(13)11-14(12-34)31-7-9-32(10-8-31)16-6-5-15(24)17(19(16)29)21(35)36-22(2,3)4/h5-6,12,14H,7-11,29H2,1-4H3. The molecule has 13 heteroatoms. The van der Waals surface area contributed by atoms with Crippen LogP contribution in [0.15, 0.2) is 12.1 Å². The summed E-state index contributed by atoms with van der Waals surface area (Å²) in [7, 11) is 0. The van der Waals surface area contributed by atoms with Gasteiger partial charge in [0.2, 0.25) is 0 Å². The van der Waals surface area contributed by atoms with Crippen LogP contribution in [0, 0.1) is 6.92 Å². The lowest BCUT2D eigenvalue weighted by Crippen LogP contribution is -2.52. The molecule has 8 nitrogen and oxygen atoms in total. The molecule has 1 saturated heterocycles. The lowest BCUT2D eigenvalue weighted by molar-refractivity contribution is -0.141. The maximum absolute atomic E-state index is 13.1. The summed E-state index contributed by atoms with van der Waals surface area (Å²) in [5, 5.41) is 3.29. The summed E-state index contributed by atoms with van der Waals surface area (Å²) in [4.78, 5) is 28.3. The maximum Gasteiger partial charge on any atom is 0.436 e. The third-order valence-corrected chi connectivity index (χ3v) is 6.59. The summed E-state index contributed by atoms with van der Waals surface area (Å²) >= 11 is 12.1. The molecule has 2 N–H and O–H groups in total. The number of anilines is 2. The van der Waals surface area contributed by atoms with Gasteiger partial charge >= 0.3 is 12.1 Å². The van der Waals surface area contributed by atoms with Gasteiger partial charge in [-0.15, -0.1) is 0 Å². The van der Waals surface area contributed by atoms with Crippen molar-refractivity contribution in [2.75, 3.05) is 36.8 Å². The largest absolute Gasteiger partial charge is 0.456 e. The maximum atomic E-state index is 13.1. The monoisotopic (exact) mass is 549 g/mol. The number of hydrogen-bond acceptors (Lipinski definition) is 7. The first-order valence-corrected chi connectivity index (χ1v) is 12.0. The van der Waals surface area contributed by atoms with Gasteiger partial charge in [0.15, 0.2) is 5.69 Å². The summed E-state index contributed by atoms with van der Waals surface area (Å²) in [6.45, 7) is 8.33. The third-order valence-electron chi connectivity index (χ3n) is 5.82. The van der Waals surface area contributed by atoms with Crippen LogP contribution in [0.5, 0.6) is 0 Å². The van der Waals surface area contributed by atoms with Crippen LogP contribution in [0.25, 0.3) is 0 Å². The minimum Gasteiger partial charge on any atom is -0.456 e. The van der Waals surface area contributed by atoms with E-state index in [1.54, 1.807) is 32.9 Å². The highest BCUT2D eigenvalue weighted by Gasteiger charge is 2.38. The van der Waals surface area contributed by atoms with Gasteiger partial charge in [0.05, 0.1) is 39.7 Å². The van der Waals surface area contributed by atoms with Crippen molar-refractivity contribution in [3.63, 3.8) is 0 Å². The Kier molecular flexibility index (Phi) is 8.17. The Hall–Kier alpha value is -2.50. The summed E-state index contributed by atoms with van der Waals surface area (Å²) in [5.41, 5.74) is 5.44. The van der Waals surface area contributed by atoms with E-state index < -0.39 is 34.5 Å². The predicted octanol–water partition coefficient (Wildman–Crippen LogP) is 4.44. The van der Waals surface area contributed by atoms with E-state index in [4.69, 9.17) is 33.7 Å². The number of alkyl halides is 3. The zero-order chi connectivity index (χ0) is 27.0. The van der Waals surface area contributed by atoms with Crippen LogP contribution in [-0.2, 0) is 22.3 Å². The lowest BCUT2D eigenvalue weighted by atomic mass is 10.1. The molecule has 1 aliphatic rings. The number of nitrogens with zero attached hydrogens (tertiary/aromatic N) is 4. The van der Waals surface area contributed by atoms with Crippen molar-refractivity contribution in [2.45, 2.75) is 52.1 Å². The van der Waals surface area contributed by atoms with E-state index in [1.165, 1.54) is 6.92 Å². The first-order chi connectivity index (χ1) is 16.6. The van der Waals surface area contributed by atoms with Crippen molar-refractivity contribution in [3.05, 3.63) is 39.1 Å². The highest BCUT2D eigenvalue weighted by molar-refractivity contribution is 6.34. The van der Waals surface area contributed by atoms with Crippen LogP contribution in [0.1, 0.15) is 42.5 Å². The summed E-state index contributed by atoms with van der Waals surface area (Å²) in [6, 6.07) is 2.59. The van der Waals surface area contributed by atoms with Crippen molar-refractivity contribution in [1.82, 2.24) is 14.7 Å². The van der Waals surface area contributed by atoms with Crippen LogP contribution in [0.3, 0.4) is 0 Å². The van der Waals surface area contributed by atoms with Gasteiger partial charge in [0.1, 0.15) is 17.5 Å². The number of aromatic nitrogens is 2. The molecule has 1 atom stereocenters. The molecule has 0 spiro atoms. The molecule has 0 radical (unpaired) electrons. The van der Waals surface area contributed by atoms with Crippen LogP contribution < -0.4 is 10.6 Å². The number of halogens is 5. The highest BCUT2D eigenvalue weighted by Crippen LogP contribution is 2.36. The van der Waals surface area contributed by atoms with Gasteiger partial charge in [-0.05, 0) is 39.8 Å². The van der Waals surface area contributed by atoms with E-state index in [0.717, 1.165) is 4.68 Å². The molecule has 1 aromatic carbocycles. The molecular weight excluding hydrogens is 522 g/mol. The zero-order valence-electron chi connectivity index (χ0n) is 20.3. The van der Waals surface area contributed by atoms with Gasteiger partial charge in [0.25, 0.3) is 0 Å². The highest BCUT2D eigenvalue weighted by atomic mass is 35.5.